The van der Waals surface area contributed by atoms with Crippen LogP contribution in [0.5, 0.6) is 0 Å². The second-order valence-corrected chi connectivity index (χ2v) is 8.88. The third kappa shape index (κ3) is 3.84. The summed E-state index contributed by atoms with van der Waals surface area (Å²) in [6.07, 6.45) is 6.82. The first kappa shape index (κ1) is 18.8. The third-order valence-corrected chi connectivity index (χ3v) is 6.70. The van der Waals surface area contributed by atoms with Crippen molar-refractivity contribution in [1.29, 1.82) is 5.26 Å². The van der Waals surface area contributed by atoms with Gasteiger partial charge in [-0.05, 0) is 50.3 Å². The molecule has 0 radical (unpaired) electrons. The van der Waals surface area contributed by atoms with Gasteiger partial charge in [-0.25, -0.2) is 0 Å². The molecule has 4 rings (SSSR count). The van der Waals surface area contributed by atoms with Crippen molar-refractivity contribution >= 4 is 34.0 Å². The summed E-state index contributed by atoms with van der Waals surface area (Å²) in [5.41, 5.74) is 1.73. The molecule has 0 aliphatic heterocycles. The summed E-state index contributed by atoms with van der Waals surface area (Å²) in [7, 11) is 0. The van der Waals surface area contributed by atoms with Crippen LogP contribution in [-0.4, -0.2) is 21.4 Å². The second-order valence-electron chi connectivity index (χ2n) is 6.48. The minimum atomic E-state index is -0.460. The summed E-state index contributed by atoms with van der Waals surface area (Å²) in [5, 5.41) is 20.9. The monoisotopic (exact) mass is 414 g/mol. The second kappa shape index (κ2) is 8.20. The number of aromatic nitrogens is 2. The van der Waals surface area contributed by atoms with Gasteiger partial charge in [-0.1, -0.05) is 18.2 Å². The van der Waals surface area contributed by atoms with Crippen molar-refractivity contribution in [2.75, 3.05) is 5.32 Å². The molecule has 1 N–H and O–H groups in total. The van der Waals surface area contributed by atoms with Crippen molar-refractivity contribution in [3.05, 3.63) is 34.4 Å². The van der Waals surface area contributed by atoms with Gasteiger partial charge in [0, 0.05) is 4.88 Å². The van der Waals surface area contributed by atoms with Crippen LogP contribution >= 0.6 is 23.1 Å². The highest BCUT2D eigenvalue weighted by molar-refractivity contribution is 8.00. The van der Waals surface area contributed by atoms with Crippen molar-refractivity contribution in [3.8, 4) is 17.7 Å². The van der Waals surface area contributed by atoms with E-state index in [1.165, 1.54) is 40.7 Å². The Labute approximate surface area is 170 Å². The molecular formula is C19H18N4O3S2. The maximum Gasteiger partial charge on any atom is 0.284 e. The number of nitriles is 1. The van der Waals surface area contributed by atoms with E-state index < -0.39 is 5.25 Å². The summed E-state index contributed by atoms with van der Waals surface area (Å²) in [6.45, 7) is 1.77. The third-order valence-electron chi connectivity index (χ3n) is 4.56. The van der Waals surface area contributed by atoms with Crippen molar-refractivity contribution in [3.63, 3.8) is 0 Å². The molecule has 0 unspecified atom stereocenters. The number of carbonyl (C=O) groups excluding carboxylic acids is 1. The quantitative estimate of drug-likeness (QED) is 0.478. The summed E-state index contributed by atoms with van der Waals surface area (Å²) in [4.78, 5) is 13.9. The first-order chi connectivity index (χ1) is 13.7. The zero-order valence-corrected chi connectivity index (χ0v) is 16.9. The van der Waals surface area contributed by atoms with E-state index in [0.717, 1.165) is 31.2 Å². The first-order valence-corrected chi connectivity index (χ1v) is 10.7. The minimum absolute atomic E-state index is 0.198. The molecule has 1 amide bonds. The summed E-state index contributed by atoms with van der Waals surface area (Å²) >= 11 is 2.70. The van der Waals surface area contributed by atoms with Crippen molar-refractivity contribution in [2.45, 2.75) is 49.5 Å². The lowest BCUT2D eigenvalue weighted by molar-refractivity contribution is -0.115. The Hall–Kier alpha value is -2.57. The van der Waals surface area contributed by atoms with E-state index in [-0.39, 0.29) is 17.0 Å². The van der Waals surface area contributed by atoms with E-state index in [2.05, 4.69) is 21.6 Å². The number of hydrogen-bond acceptors (Lipinski definition) is 8. The van der Waals surface area contributed by atoms with Crippen LogP contribution in [0.25, 0.3) is 11.7 Å². The molecule has 0 fully saturated rings. The summed E-state index contributed by atoms with van der Waals surface area (Å²) in [5.74, 6) is 0.555. The van der Waals surface area contributed by atoms with Gasteiger partial charge in [-0.3, -0.25) is 4.79 Å². The molecule has 3 aromatic heterocycles. The Balaban J connectivity index is 1.45. The maximum absolute atomic E-state index is 12.7. The number of rotatable bonds is 5. The van der Waals surface area contributed by atoms with E-state index in [4.69, 9.17) is 8.83 Å². The molecule has 144 valence electrons. The fraction of sp³-hybridized carbons (Fsp3) is 0.368. The molecule has 0 bridgehead atoms. The highest BCUT2D eigenvalue weighted by atomic mass is 32.2. The Morgan fingerprint density at radius 2 is 2.21 bits per heavy atom. The van der Waals surface area contributed by atoms with E-state index in [9.17, 15) is 10.1 Å². The molecule has 9 heteroatoms. The fourth-order valence-electron chi connectivity index (χ4n) is 3.12. The van der Waals surface area contributed by atoms with E-state index >= 15 is 0 Å². The van der Waals surface area contributed by atoms with Crippen LogP contribution in [0.2, 0.25) is 0 Å². The minimum Gasteiger partial charge on any atom is -0.459 e. The Morgan fingerprint density at radius 1 is 1.36 bits per heavy atom. The van der Waals surface area contributed by atoms with Gasteiger partial charge in [0.2, 0.25) is 5.91 Å². The van der Waals surface area contributed by atoms with Gasteiger partial charge in [0.1, 0.15) is 11.1 Å². The number of carbonyl (C=O) groups is 1. The highest BCUT2D eigenvalue weighted by Gasteiger charge is 2.24. The molecule has 28 heavy (non-hydrogen) atoms. The van der Waals surface area contributed by atoms with Gasteiger partial charge in [0.25, 0.3) is 11.1 Å². The summed E-state index contributed by atoms with van der Waals surface area (Å²) in [6, 6.07) is 5.74. The lowest BCUT2D eigenvalue weighted by Crippen LogP contribution is -2.22. The zero-order valence-electron chi connectivity index (χ0n) is 15.2. The standard InChI is InChI=1S/C19H18N4O3S2/c1-11(27-19-23-22-17(26-19)14-7-5-9-25-14)16(24)21-18-13(10-20)12-6-3-2-4-8-15(12)28-18/h5,7,9,11H,2-4,6,8H2,1H3,(H,21,24)/t11-/m1/s1. The smallest absolute Gasteiger partial charge is 0.284 e. The Kier molecular flexibility index (Phi) is 5.50. The van der Waals surface area contributed by atoms with Crippen LogP contribution in [0.3, 0.4) is 0 Å². The first-order valence-electron chi connectivity index (χ1n) is 9.05. The van der Waals surface area contributed by atoms with Crippen LogP contribution in [0.15, 0.2) is 32.5 Å². The molecule has 0 spiro atoms. The molecule has 0 aromatic carbocycles. The Morgan fingerprint density at radius 3 is 3.00 bits per heavy atom. The number of hydrogen-bond donors (Lipinski definition) is 1. The number of nitrogens with one attached hydrogen (secondary N) is 1. The average Bonchev–Trinajstić information content (AvgIpc) is 3.39. The average molecular weight is 415 g/mol. The van der Waals surface area contributed by atoms with E-state index in [1.54, 1.807) is 19.1 Å². The van der Waals surface area contributed by atoms with Crippen LogP contribution in [0, 0.1) is 11.3 Å². The molecule has 3 aromatic rings. The number of amides is 1. The SMILES string of the molecule is C[C@@H](Sc1nnc(-c2ccco2)o1)C(=O)Nc1sc2c(c1C#N)CCCCC2. The van der Waals surface area contributed by atoms with Gasteiger partial charge in [-0.2, -0.15) is 5.26 Å². The largest absolute Gasteiger partial charge is 0.459 e. The normalized spacial score (nSPS) is 14.7. The fourth-order valence-corrected chi connectivity index (χ4v) is 5.05. The van der Waals surface area contributed by atoms with Gasteiger partial charge < -0.3 is 14.2 Å². The van der Waals surface area contributed by atoms with Crippen molar-refractivity contribution in [1.82, 2.24) is 10.2 Å². The number of aryl methyl sites for hydroxylation is 1. The number of anilines is 1. The zero-order chi connectivity index (χ0) is 19.5. The number of nitrogens with zero attached hydrogens (tertiary/aromatic N) is 3. The lowest BCUT2D eigenvalue weighted by Gasteiger charge is -2.09. The predicted octanol–water partition coefficient (Wildman–Crippen LogP) is 4.65. The summed E-state index contributed by atoms with van der Waals surface area (Å²) < 4.78 is 10.8. The molecule has 0 saturated heterocycles. The number of thioether (sulfide) groups is 1. The molecule has 1 aliphatic carbocycles. The molecule has 1 atom stereocenters. The number of fused-ring (bicyclic) bond motifs is 1. The van der Waals surface area contributed by atoms with E-state index in [0.29, 0.717) is 16.3 Å². The highest BCUT2D eigenvalue weighted by Crippen LogP contribution is 2.37. The molecule has 7 nitrogen and oxygen atoms in total. The maximum atomic E-state index is 12.7. The van der Waals surface area contributed by atoms with Crippen molar-refractivity contribution < 1.29 is 13.6 Å². The van der Waals surface area contributed by atoms with Gasteiger partial charge in [0.15, 0.2) is 5.76 Å². The number of thiophene rings is 1. The lowest BCUT2D eigenvalue weighted by atomic mass is 10.1. The molecular weight excluding hydrogens is 396 g/mol. The van der Waals surface area contributed by atoms with Crippen LogP contribution < -0.4 is 5.32 Å². The van der Waals surface area contributed by atoms with Crippen LogP contribution in [0.4, 0.5) is 5.00 Å². The number of furan rings is 1. The molecule has 1 aliphatic rings. The van der Waals surface area contributed by atoms with Crippen molar-refractivity contribution in [2.24, 2.45) is 0 Å². The van der Waals surface area contributed by atoms with Crippen LogP contribution in [0.1, 0.15) is 42.2 Å². The Bertz CT molecular complexity index is 1020. The van der Waals surface area contributed by atoms with Gasteiger partial charge in [0.05, 0.1) is 17.1 Å². The van der Waals surface area contributed by atoms with Crippen LogP contribution in [-0.2, 0) is 17.6 Å². The predicted molar refractivity (Wildman–Crippen MR) is 106 cm³/mol. The molecule has 3 heterocycles. The van der Waals surface area contributed by atoms with E-state index in [1.807, 2.05) is 0 Å². The molecule has 0 saturated carbocycles. The van der Waals surface area contributed by atoms with Gasteiger partial charge in [-0.15, -0.1) is 21.5 Å². The topological polar surface area (TPSA) is 105 Å². The van der Waals surface area contributed by atoms with Gasteiger partial charge >= 0.3 is 0 Å².